The number of benzene rings is 3. The predicted octanol–water partition coefficient (Wildman–Crippen LogP) is 6.75. The van der Waals surface area contributed by atoms with E-state index in [9.17, 15) is 14.0 Å². The smallest absolute Gasteiger partial charge is 0.336 e. The second-order valence-electron chi connectivity index (χ2n) is 8.71. The SMILES string of the molecule is CCOC(=O)C1=C(C)NC2=C(C(=O)c3ccccc32)[C@@H]1c1cc(I)c(OCc2ccc(F)cc2)c(I)c1. The van der Waals surface area contributed by atoms with Gasteiger partial charge in [-0.25, -0.2) is 9.18 Å². The summed E-state index contributed by atoms with van der Waals surface area (Å²) in [6.07, 6.45) is 0. The van der Waals surface area contributed by atoms with Gasteiger partial charge in [-0.05, 0) is 94.4 Å². The molecule has 0 aromatic heterocycles. The van der Waals surface area contributed by atoms with E-state index in [0.29, 0.717) is 28.2 Å². The van der Waals surface area contributed by atoms with Crippen LogP contribution in [0.2, 0.25) is 0 Å². The zero-order valence-corrected chi connectivity index (χ0v) is 24.3. The van der Waals surface area contributed by atoms with Crippen molar-refractivity contribution >= 4 is 62.6 Å². The van der Waals surface area contributed by atoms with Crippen molar-refractivity contribution in [1.29, 1.82) is 0 Å². The molecule has 0 fully saturated rings. The molecule has 1 aliphatic carbocycles. The quantitative estimate of drug-likeness (QED) is 0.226. The van der Waals surface area contributed by atoms with Gasteiger partial charge in [-0.3, -0.25) is 4.79 Å². The molecule has 1 heterocycles. The number of ketones is 1. The molecular formula is C29H22FI2NO4. The van der Waals surface area contributed by atoms with Crippen molar-refractivity contribution in [3.05, 3.63) is 113 Å². The number of allylic oxidation sites excluding steroid dienone is 2. The molecule has 0 unspecified atom stereocenters. The third-order valence-corrected chi connectivity index (χ3v) is 8.00. The van der Waals surface area contributed by atoms with Crippen LogP contribution in [-0.4, -0.2) is 18.4 Å². The van der Waals surface area contributed by atoms with Crippen LogP contribution in [-0.2, 0) is 16.1 Å². The molecule has 5 nitrogen and oxygen atoms in total. The van der Waals surface area contributed by atoms with Gasteiger partial charge in [0.25, 0.3) is 0 Å². The Balaban J connectivity index is 1.57. The summed E-state index contributed by atoms with van der Waals surface area (Å²) in [7, 11) is 0. The van der Waals surface area contributed by atoms with E-state index < -0.39 is 11.9 Å². The highest BCUT2D eigenvalue weighted by Gasteiger charge is 2.43. The second kappa shape index (κ2) is 10.6. The van der Waals surface area contributed by atoms with Gasteiger partial charge in [0.1, 0.15) is 18.2 Å². The lowest BCUT2D eigenvalue weighted by atomic mass is 9.80. The standard InChI is InChI=1S/C29H22FI2NO4/c1-3-36-29(35)23-15(2)33-26-19-6-4-5-7-20(19)27(34)25(26)24(23)17-12-21(31)28(22(32)13-17)37-14-16-8-10-18(30)11-9-16/h4-13,24,33H,3,14H2,1-2H3/t24-/m1/s1. The highest BCUT2D eigenvalue weighted by atomic mass is 127. The maximum absolute atomic E-state index is 13.6. The summed E-state index contributed by atoms with van der Waals surface area (Å²) in [5, 5.41) is 3.32. The molecule has 3 aromatic carbocycles. The zero-order valence-electron chi connectivity index (χ0n) is 20.0. The van der Waals surface area contributed by atoms with E-state index in [2.05, 4.69) is 50.5 Å². The number of dihydropyridines is 1. The lowest BCUT2D eigenvalue weighted by Gasteiger charge is -2.29. The Kier molecular flexibility index (Phi) is 7.39. The molecule has 1 atom stereocenters. The molecule has 8 heteroatoms. The molecule has 5 rings (SSSR count). The average molecular weight is 721 g/mol. The molecule has 2 aliphatic rings. The molecule has 0 bridgehead atoms. The van der Waals surface area contributed by atoms with Crippen LogP contribution in [0.4, 0.5) is 4.39 Å². The van der Waals surface area contributed by atoms with Crippen molar-refractivity contribution in [3.8, 4) is 5.75 Å². The number of hydrogen-bond donors (Lipinski definition) is 1. The molecule has 188 valence electrons. The first-order chi connectivity index (χ1) is 17.8. The Morgan fingerprint density at radius 2 is 1.68 bits per heavy atom. The Hall–Kier alpha value is -2.73. The van der Waals surface area contributed by atoms with Gasteiger partial charge in [-0.15, -0.1) is 0 Å². The van der Waals surface area contributed by atoms with E-state index in [-0.39, 0.29) is 24.8 Å². The molecule has 3 aromatic rings. The first kappa shape index (κ1) is 25.9. The molecule has 0 amide bonds. The summed E-state index contributed by atoms with van der Waals surface area (Å²) in [4.78, 5) is 26.8. The fraction of sp³-hybridized carbons (Fsp3) is 0.172. The molecule has 0 radical (unpaired) electrons. The van der Waals surface area contributed by atoms with Crippen LogP contribution in [0, 0.1) is 13.0 Å². The molecule has 0 spiro atoms. The van der Waals surface area contributed by atoms with Gasteiger partial charge >= 0.3 is 5.97 Å². The number of carbonyl (C=O) groups excluding carboxylic acids is 2. The van der Waals surface area contributed by atoms with Crippen molar-refractivity contribution in [1.82, 2.24) is 5.32 Å². The van der Waals surface area contributed by atoms with Crippen LogP contribution in [0.3, 0.4) is 0 Å². The summed E-state index contributed by atoms with van der Waals surface area (Å²) in [5.74, 6) is -0.744. The number of Topliss-reactive ketones (excluding diaryl/α,β-unsaturated/α-hetero) is 1. The molecule has 37 heavy (non-hydrogen) atoms. The lowest BCUT2D eigenvalue weighted by Crippen LogP contribution is -2.29. The van der Waals surface area contributed by atoms with E-state index in [4.69, 9.17) is 9.47 Å². The monoisotopic (exact) mass is 721 g/mol. The first-order valence-corrected chi connectivity index (χ1v) is 13.8. The second-order valence-corrected chi connectivity index (χ2v) is 11.0. The molecule has 1 N–H and O–H groups in total. The van der Waals surface area contributed by atoms with Crippen molar-refractivity contribution in [2.45, 2.75) is 26.4 Å². The zero-order chi connectivity index (χ0) is 26.3. The average Bonchev–Trinajstić information content (AvgIpc) is 3.15. The number of ether oxygens (including phenoxy) is 2. The number of carbonyl (C=O) groups is 2. The van der Waals surface area contributed by atoms with Crippen LogP contribution in [0.15, 0.2) is 77.5 Å². The maximum Gasteiger partial charge on any atom is 0.336 e. The van der Waals surface area contributed by atoms with E-state index in [1.807, 2.05) is 43.3 Å². The van der Waals surface area contributed by atoms with Gasteiger partial charge in [0.2, 0.25) is 0 Å². The Labute approximate surface area is 241 Å². The Bertz CT molecular complexity index is 1470. The summed E-state index contributed by atoms with van der Waals surface area (Å²) in [6.45, 7) is 4.12. The topological polar surface area (TPSA) is 64.6 Å². The number of fused-ring (bicyclic) bond motifs is 2. The Morgan fingerprint density at radius 3 is 2.32 bits per heavy atom. The van der Waals surface area contributed by atoms with Gasteiger partial charge < -0.3 is 14.8 Å². The van der Waals surface area contributed by atoms with Crippen molar-refractivity contribution in [3.63, 3.8) is 0 Å². The number of esters is 1. The van der Waals surface area contributed by atoms with Gasteiger partial charge in [0.15, 0.2) is 5.78 Å². The minimum Gasteiger partial charge on any atom is -0.487 e. The fourth-order valence-corrected chi connectivity index (χ4v) is 6.89. The normalized spacial score (nSPS) is 16.4. The molecular weight excluding hydrogens is 699 g/mol. The van der Waals surface area contributed by atoms with Crippen LogP contribution in [0.5, 0.6) is 5.75 Å². The van der Waals surface area contributed by atoms with Crippen LogP contribution >= 0.6 is 45.2 Å². The third kappa shape index (κ3) is 4.81. The summed E-state index contributed by atoms with van der Waals surface area (Å²) >= 11 is 4.42. The minimum absolute atomic E-state index is 0.0981. The summed E-state index contributed by atoms with van der Waals surface area (Å²) in [5.41, 5.74) is 5.47. The van der Waals surface area contributed by atoms with Crippen LogP contribution < -0.4 is 10.1 Å². The lowest BCUT2D eigenvalue weighted by molar-refractivity contribution is -0.138. The van der Waals surface area contributed by atoms with E-state index >= 15 is 0 Å². The highest BCUT2D eigenvalue weighted by Crippen LogP contribution is 2.48. The maximum atomic E-state index is 13.6. The van der Waals surface area contributed by atoms with Crippen LogP contribution in [0.25, 0.3) is 5.70 Å². The summed E-state index contributed by atoms with van der Waals surface area (Å²) < 4.78 is 26.5. The molecule has 0 saturated heterocycles. The van der Waals surface area contributed by atoms with Crippen molar-refractivity contribution < 1.29 is 23.5 Å². The largest absolute Gasteiger partial charge is 0.487 e. The predicted molar refractivity (Wildman–Crippen MR) is 156 cm³/mol. The van der Waals surface area contributed by atoms with E-state index in [0.717, 1.165) is 29.5 Å². The van der Waals surface area contributed by atoms with Gasteiger partial charge in [-0.2, -0.15) is 0 Å². The number of rotatable bonds is 6. The third-order valence-electron chi connectivity index (χ3n) is 6.39. The number of nitrogens with one attached hydrogen (secondary N) is 1. The highest BCUT2D eigenvalue weighted by molar-refractivity contribution is 14.1. The van der Waals surface area contributed by atoms with Crippen molar-refractivity contribution in [2.75, 3.05) is 6.61 Å². The van der Waals surface area contributed by atoms with E-state index in [1.165, 1.54) is 12.1 Å². The first-order valence-electron chi connectivity index (χ1n) is 11.7. The number of hydrogen-bond acceptors (Lipinski definition) is 5. The van der Waals surface area contributed by atoms with Gasteiger partial charge in [-0.1, -0.05) is 36.4 Å². The van der Waals surface area contributed by atoms with Crippen molar-refractivity contribution in [2.24, 2.45) is 0 Å². The summed E-state index contributed by atoms with van der Waals surface area (Å²) in [6, 6.07) is 17.6. The molecule has 1 aliphatic heterocycles. The minimum atomic E-state index is -0.594. The van der Waals surface area contributed by atoms with Gasteiger partial charge in [0.05, 0.1) is 25.0 Å². The number of halogens is 3. The fourth-order valence-electron chi connectivity index (χ4n) is 4.76. The van der Waals surface area contributed by atoms with E-state index in [1.54, 1.807) is 19.1 Å². The molecule has 0 saturated carbocycles. The Morgan fingerprint density at radius 1 is 1.03 bits per heavy atom. The van der Waals surface area contributed by atoms with Gasteiger partial charge in [0, 0.05) is 28.3 Å². The van der Waals surface area contributed by atoms with Crippen LogP contribution in [0.1, 0.15) is 46.8 Å².